The Labute approximate surface area is 176 Å². The predicted molar refractivity (Wildman–Crippen MR) is 98.7 cm³/mol. The van der Waals surface area contributed by atoms with Gasteiger partial charge in [0.25, 0.3) is 5.56 Å². The number of phosphoric ester groups is 1. The van der Waals surface area contributed by atoms with E-state index in [1.165, 1.54) is 0 Å². The second kappa shape index (κ2) is 9.05. The summed E-state index contributed by atoms with van der Waals surface area (Å²) < 4.78 is 36.7. The molecule has 3 heterocycles. The lowest BCUT2D eigenvalue weighted by Gasteiger charge is -2.17. The van der Waals surface area contributed by atoms with E-state index in [9.17, 15) is 38.9 Å². The molecule has 1 aliphatic rings. The van der Waals surface area contributed by atoms with Crippen molar-refractivity contribution in [3.8, 4) is 0 Å². The first-order valence-electron chi connectivity index (χ1n) is 8.44. The van der Waals surface area contributed by atoms with Crippen LogP contribution in [0, 0.1) is 0 Å². The van der Waals surface area contributed by atoms with Gasteiger partial charge in [-0.15, -0.1) is 0 Å². The molecule has 8 N–H and O–H groups in total. The number of aliphatic hydroxyl groups excluding tert-OH is 3. The minimum absolute atomic E-state index is 0.127. The number of carbonyl (C=O) groups excluding carboxylic acids is 1. The second-order valence-electron chi connectivity index (χ2n) is 6.35. The molecule has 6 atom stereocenters. The number of ether oxygens (including phenoxy) is 1. The number of aldehydes is 1. The van der Waals surface area contributed by atoms with Crippen molar-refractivity contribution < 1.29 is 57.5 Å². The summed E-state index contributed by atoms with van der Waals surface area (Å²) in [6.45, 7) is -0.929. The Balaban J connectivity index is 1.82. The summed E-state index contributed by atoms with van der Waals surface area (Å²) in [5.41, 5.74) is -1.20. The number of phosphoric acid groups is 2. The molecule has 0 aromatic carbocycles. The van der Waals surface area contributed by atoms with Crippen molar-refractivity contribution in [3.63, 3.8) is 0 Å². The molecule has 1 aliphatic heterocycles. The van der Waals surface area contributed by atoms with Crippen molar-refractivity contribution in [2.75, 3.05) is 11.9 Å². The molecule has 2 aromatic rings. The summed E-state index contributed by atoms with van der Waals surface area (Å²) in [6, 6.07) is 0. The number of aromatic nitrogens is 4. The van der Waals surface area contributed by atoms with Crippen LogP contribution in [0.4, 0.5) is 5.95 Å². The third kappa shape index (κ3) is 5.45. The minimum Gasteiger partial charge on any atom is -0.387 e. The molecule has 178 valence electrons. The zero-order valence-electron chi connectivity index (χ0n) is 15.5. The van der Waals surface area contributed by atoms with E-state index < -0.39 is 58.6 Å². The fourth-order valence-electron chi connectivity index (χ4n) is 2.78. The highest BCUT2D eigenvalue weighted by Gasteiger charge is 2.46. The maximum atomic E-state index is 12.1. The van der Waals surface area contributed by atoms with Crippen molar-refractivity contribution in [2.45, 2.75) is 30.8 Å². The number of carbonyl (C=O) groups is 1. The van der Waals surface area contributed by atoms with E-state index in [4.69, 9.17) is 14.5 Å². The number of hydrogen-bond donors (Lipinski definition) is 8. The molecule has 18 nitrogen and oxygen atoms in total. The number of H-pyrrole nitrogens is 1. The van der Waals surface area contributed by atoms with Crippen LogP contribution >= 0.6 is 15.6 Å². The van der Waals surface area contributed by atoms with Gasteiger partial charge in [0.05, 0.1) is 12.9 Å². The smallest absolute Gasteiger partial charge is 0.387 e. The predicted octanol–water partition coefficient (Wildman–Crippen LogP) is -3.11. The Kier molecular flexibility index (Phi) is 6.94. The number of fused-ring (bicyclic) bond motifs is 1. The average molecular weight is 501 g/mol. The molecular formula is C12H17N5O13P2. The molecule has 0 bridgehead atoms. The molecule has 2 aromatic heterocycles. The van der Waals surface area contributed by atoms with Crippen LogP contribution in [0.5, 0.6) is 0 Å². The van der Waals surface area contributed by atoms with Gasteiger partial charge in [-0.3, -0.25) is 23.7 Å². The molecule has 20 heteroatoms. The zero-order valence-corrected chi connectivity index (χ0v) is 17.3. The lowest BCUT2D eigenvalue weighted by Crippen LogP contribution is -2.33. The Morgan fingerprint density at radius 3 is 2.62 bits per heavy atom. The van der Waals surface area contributed by atoms with Crippen LogP contribution in [0.3, 0.4) is 0 Å². The molecule has 0 radical (unpaired) electrons. The Morgan fingerprint density at radius 2 is 2.00 bits per heavy atom. The number of aromatic amines is 1. The van der Waals surface area contributed by atoms with Gasteiger partial charge in [0, 0.05) is 0 Å². The minimum atomic E-state index is -5.37. The van der Waals surface area contributed by atoms with Crippen LogP contribution in [-0.4, -0.2) is 87.0 Å². The van der Waals surface area contributed by atoms with Gasteiger partial charge in [0.2, 0.25) is 5.95 Å². The third-order valence-corrected chi connectivity index (χ3v) is 6.22. The van der Waals surface area contributed by atoms with E-state index in [2.05, 4.69) is 29.1 Å². The van der Waals surface area contributed by atoms with Crippen LogP contribution in [0.1, 0.15) is 6.23 Å². The van der Waals surface area contributed by atoms with E-state index in [1.54, 1.807) is 0 Å². The van der Waals surface area contributed by atoms with Crippen molar-refractivity contribution >= 4 is 39.0 Å². The molecule has 32 heavy (non-hydrogen) atoms. The standard InChI is InChI=1S/C12H17N5O13P2/c18-1-5(19)14-12-15-9-6(10(22)16-12)13-3-17(9)11-8(21)7(20)4(29-11)2-28-32(26,27)30-31(23,24)25/h1,3-5,7-8,11,19-21H,2H2,(H,26,27)(H2,23,24,25)(H2,14,15,16,22)/t4-,5?,7-,8-,11-/m1/s1. The Morgan fingerprint density at radius 1 is 1.31 bits per heavy atom. The molecule has 0 aliphatic carbocycles. The topological polar surface area (TPSA) is 276 Å². The van der Waals surface area contributed by atoms with Gasteiger partial charge in [0.1, 0.15) is 18.3 Å². The van der Waals surface area contributed by atoms with Crippen LogP contribution in [0.25, 0.3) is 11.2 Å². The number of anilines is 1. The molecule has 2 unspecified atom stereocenters. The fraction of sp³-hybridized carbons (Fsp3) is 0.500. The van der Waals surface area contributed by atoms with Gasteiger partial charge in [-0.25, -0.2) is 14.1 Å². The van der Waals surface area contributed by atoms with Gasteiger partial charge in [0.15, 0.2) is 29.9 Å². The second-order valence-corrected chi connectivity index (χ2v) is 9.18. The molecule has 0 amide bonds. The number of hydrogen-bond acceptors (Lipinski definition) is 13. The molecule has 3 rings (SSSR count). The van der Waals surface area contributed by atoms with Gasteiger partial charge >= 0.3 is 15.6 Å². The largest absolute Gasteiger partial charge is 0.481 e. The average Bonchev–Trinajstić information content (AvgIpc) is 3.20. The maximum Gasteiger partial charge on any atom is 0.481 e. The first-order valence-corrected chi connectivity index (χ1v) is 11.5. The SMILES string of the molecule is O=CC(O)Nc1nc2c(ncn2[C@@H]2O[C@H](COP(=O)(O)OP(=O)(O)O)[C@@H](O)[C@H]2O)c(=O)[nH]1. The summed E-state index contributed by atoms with van der Waals surface area (Å²) in [4.78, 5) is 59.2. The monoisotopic (exact) mass is 501 g/mol. The summed E-state index contributed by atoms with van der Waals surface area (Å²) in [6.07, 6.45) is -6.86. The van der Waals surface area contributed by atoms with Crippen molar-refractivity contribution in [2.24, 2.45) is 0 Å². The summed E-state index contributed by atoms with van der Waals surface area (Å²) in [7, 11) is -10.6. The highest BCUT2D eigenvalue weighted by Crippen LogP contribution is 2.57. The van der Waals surface area contributed by atoms with Crippen LogP contribution in [0.2, 0.25) is 0 Å². The maximum absolute atomic E-state index is 12.1. The first kappa shape index (κ1) is 24.6. The zero-order chi connectivity index (χ0) is 23.8. The van der Waals surface area contributed by atoms with Gasteiger partial charge in [-0.1, -0.05) is 0 Å². The van der Waals surface area contributed by atoms with Crippen LogP contribution < -0.4 is 10.9 Å². The number of rotatable bonds is 9. The van der Waals surface area contributed by atoms with Crippen LogP contribution in [-0.2, 0) is 27.5 Å². The molecule has 1 fully saturated rings. The lowest BCUT2D eigenvalue weighted by molar-refractivity contribution is -0.113. The lowest BCUT2D eigenvalue weighted by atomic mass is 10.1. The summed E-state index contributed by atoms with van der Waals surface area (Å²) in [5, 5.41) is 32.0. The Hall–Kier alpha value is -2.08. The molecule has 0 spiro atoms. The van der Waals surface area contributed by atoms with E-state index in [-0.39, 0.29) is 23.4 Å². The van der Waals surface area contributed by atoms with Gasteiger partial charge in [-0.05, 0) is 0 Å². The van der Waals surface area contributed by atoms with E-state index in [1.807, 2.05) is 0 Å². The van der Waals surface area contributed by atoms with Gasteiger partial charge < -0.3 is 40.1 Å². The highest BCUT2D eigenvalue weighted by molar-refractivity contribution is 7.60. The molecule has 1 saturated heterocycles. The summed E-state index contributed by atoms with van der Waals surface area (Å²) in [5.74, 6) is -0.326. The summed E-state index contributed by atoms with van der Waals surface area (Å²) >= 11 is 0. The number of imidazole rings is 1. The molecule has 0 saturated carbocycles. The first-order chi connectivity index (χ1) is 14.8. The van der Waals surface area contributed by atoms with E-state index in [0.29, 0.717) is 0 Å². The third-order valence-electron chi connectivity index (χ3n) is 4.07. The normalized spacial score (nSPS) is 26.7. The highest BCUT2D eigenvalue weighted by atomic mass is 31.3. The number of aliphatic hydroxyl groups is 3. The number of nitrogens with one attached hydrogen (secondary N) is 2. The Bertz CT molecular complexity index is 1150. The van der Waals surface area contributed by atoms with Gasteiger partial charge in [-0.2, -0.15) is 9.29 Å². The fourth-order valence-corrected chi connectivity index (χ4v) is 4.38. The van der Waals surface area contributed by atoms with Crippen molar-refractivity contribution in [3.05, 3.63) is 16.7 Å². The quantitative estimate of drug-likeness (QED) is 0.0959. The van der Waals surface area contributed by atoms with Crippen molar-refractivity contribution in [1.29, 1.82) is 0 Å². The molecular weight excluding hydrogens is 484 g/mol. The van der Waals surface area contributed by atoms with E-state index in [0.717, 1.165) is 10.9 Å². The number of nitrogens with zero attached hydrogens (tertiary/aromatic N) is 3. The van der Waals surface area contributed by atoms with Crippen LogP contribution in [0.15, 0.2) is 11.1 Å². The van der Waals surface area contributed by atoms with Crippen molar-refractivity contribution in [1.82, 2.24) is 19.5 Å². The van der Waals surface area contributed by atoms with E-state index >= 15 is 0 Å².